The molecular formula is C22H29IO5. The molecule has 3 N–H and O–H groups in total. The second-order valence-electron chi connectivity index (χ2n) is 9.84. The molecule has 4 aliphatic rings. The van der Waals surface area contributed by atoms with Gasteiger partial charge < -0.3 is 15.3 Å². The highest BCUT2D eigenvalue weighted by Crippen LogP contribution is 2.67. The number of carbonyl (C=O) groups excluding carboxylic acids is 2. The van der Waals surface area contributed by atoms with E-state index in [9.17, 15) is 24.9 Å². The Hall–Kier alpha value is -0.570. The number of hydrogen-bond acceptors (Lipinski definition) is 5. The van der Waals surface area contributed by atoms with Crippen molar-refractivity contribution in [3.05, 3.63) is 23.8 Å². The number of halogens is 1. The molecule has 0 bridgehead atoms. The molecule has 28 heavy (non-hydrogen) atoms. The Bertz CT molecular complexity index is 788. The maximum atomic E-state index is 12.7. The van der Waals surface area contributed by atoms with Gasteiger partial charge in [0, 0.05) is 16.7 Å². The van der Waals surface area contributed by atoms with E-state index in [1.54, 1.807) is 34.7 Å². The monoisotopic (exact) mass is 500 g/mol. The van der Waals surface area contributed by atoms with Crippen molar-refractivity contribution in [2.45, 2.75) is 62.3 Å². The summed E-state index contributed by atoms with van der Waals surface area (Å²) in [5.41, 5.74) is -1.66. The Morgan fingerprint density at radius 1 is 1.36 bits per heavy atom. The molecule has 9 atom stereocenters. The number of rotatable bonds is 2. The summed E-state index contributed by atoms with van der Waals surface area (Å²) in [7, 11) is 0. The summed E-state index contributed by atoms with van der Waals surface area (Å²) in [5, 5.41) is 32.6. The molecule has 3 saturated carbocycles. The van der Waals surface area contributed by atoms with Gasteiger partial charge in [0.25, 0.3) is 0 Å². The van der Waals surface area contributed by atoms with Crippen molar-refractivity contribution in [3.63, 3.8) is 0 Å². The van der Waals surface area contributed by atoms with Crippen molar-refractivity contribution in [1.82, 2.24) is 0 Å². The third kappa shape index (κ3) is 2.53. The van der Waals surface area contributed by atoms with Crippen LogP contribution in [0.3, 0.4) is 0 Å². The van der Waals surface area contributed by atoms with Crippen LogP contribution in [0.5, 0.6) is 0 Å². The highest BCUT2D eigenvalue weighted by Gasteiger charge is 2.69. The first kappa shape index (κ1) is 20.7. The quantitative estimate of drug-likeness (QED) is 0.400. The van der Waals surface area contributed by atoms with E-state index in [1.807, 2.05) is 13.0 Å². The van der Waals surface area contributed by atoms with E-state index in [4.69, 9.17) is 0 Å². The average Bonchev–Trinajstić information content (AvgIpc) is 2.87. The van der Waals surface area contributed by atoms with Crippen molar-refractivity contribution in [1.29, 1.82) is 0 Å². The number of fused-ring (bicyclic) bond motifs is 5. The van der Waals surface area contributed by atoms with E-state index in [-0.39, 0.29) is 34.9 Å². The number of Topliss-reactive ketones (excluding diaryl/α,β-unsaturated/α-hetero) is 1. The molecule has 6 heteroatoms. The lowest BCUT2D eigenvalue weighted by Crippen LogP contribution is -2.62. The molecular weight excluding hydrogens is 471 g/mol. The molecule has 4 aliphatic carbocycles. The topological polar surface area (TPSA) is 94.8 Å². The zero-order valence-corrected chi connectivity index (χ0v) is 18.7. The molecule has 0 aromatic carbocycles. The summed E-state index contributed by atoms with van der Waals surface area (Å²) in [6.45, 7) is 6.16. The second-order valence-corrected chi connectivity index (χ2v) is 11.0. The molecule has 0 aromatic heterocycles. The van der Waals surface area contributed by atoms with Crippen LogP contribution in [0, 0.1) is 34.5 Å². The zero-order chi connectivity index (χ0) is 20.6. The first-order valence-corrected chi connectivity index (χ1v) is 11.4. The summed E-state index contributed by atoms with van der Waals surface area (Å²) < 4.78 is -1.25. The molecule has 2 unspecified atom stereocenters. The van der Waals surface area contributed by atoms with Crippen LogP contribution < -0.4 is 0 Å². The maximum absolute atomic E-state index is 12.7. The Labute approximate surface area is 179 Å². The predicted molar refractivity (Wildman–Crippen MR) is 113 cm³/mol. The van der Waals surface area contributed by atoms with Crippen molar-refractivity contribution in [2.75, 3.05) is 0 Å². The normalized spacial score (nSPS) is 51.0. The second kappa shape index (κ2) is 6.46. The average molecular weight is 500 g/mol. The number of ketones is 2. The molecule has 154 valence electrons. The van der Waals surface area contributed by atoms with Gasteiger partial charge in [0.15, 0.2) is 9.89 Å². The highest BCUT2D eigenvalue weighted by molar-refractivity contribution is 14.1. The van der Waals surface area contributed by atoms with Gasteiger partial charge in [-0.25, -0.2) is 0 Å². The molecule has 0 heterocycles. The van der Waals surface area contributed by atoms with Crippen LogP contribution in [0.25, 0.3) is 0 Å². The minimum Gasteiger partial charge on any atom is -0.393 e. The summed E-state index contributed by atoms with van der Waals surface area (Å²) in [6.07, 6.45) is 6.82. The molecule has 5 nitrogen and oxygen atoms in total. The molecule has 0 amide bonds. The van der Waals surface area contributed by atoms with Gasteiger partial charge in [0.1, 0.15) is 5.60 Å². The lowest BCUT2D eigenvalue weighted by atomic mass is 9.45. The van der Waals surface area contributed by atoms with Crippen LogP contribution in [0.4, 0.5) is 0 Å². The summed E-state index contributed by atoms with van der Waals surface area (Å²) in [5.74, 6) is -0.130. The smallest absolute Gasteiger partial charge is 0.203 e. The minimum atomic E-state index is -1.61. The zero-order valence-electron chi connectivity index (χ0n) is 16.6. The van der Waals surface area contributed by atoms with Gasteiger partial charge in [-0.05, 0) is 78.2 Å². The third-order valence-electron chi connectivity index (χ3n) is 8.59. The van der Waals surface area contributed by atoms with E-state index in [2.05, 4.69) is 13.8 Å². The standard InChI is InChI=1S/C22H29IO5/c1-11-8-13-14-5-7-22(28,18(26)19(23)27)21(14,3)10-16(25)17(13)20(2)6-4-12(24)9-15(11)20/h4,6,9,11,13-14,16-17,19,25,27-28H,5,7-8,10H2,1-3H3/t11?,13-,14-,16-,17+,19?,20-,21-,22-/m0/s1. The van der Waals surface area contributed by atoms with Gasteiger partial charge in [0.2, 0.25) is 5.78 Å². The largest absolute Gasteiger partial charge is 0.393 e. The maximum Gasteiger partial charge on any atom is 0.203 e. The SMILES string of the molecule is CC1C[C@@H]2[C@H]([C@@H](O)C[C@@]3(C)[C@H]2CC[C@]3(O)C(=O)C(O)I)[C@@]2(C)C=CC(=O)C=C12. The van der Waals surface area contributed by atoms with Gasteiger partial charge in [-0.3, -0.25) is 9.59 Å². The molecule has 4 rings (SSSR count). The summed E-state index contributed by atoms with van der Waals surface area (Å²) in [4.78, 5) is 24.7. The van der Waals surface area contributed by atoms with E-state index in [0.717, 1.165) is 12.0 Å². The Morgan fingerprint density at radius 3 is 2.68 bits per heavy atom. The van der Waals surface area contributed by atoms with Gasteiger partial charge in [-0.1, -0.05) is 32.4 Å². The lowest BCUT2D eigenvalue weighted by Gasteiger charge is -2.60. The number of aliphatic hydroxyl groups excluding tert-OH is 2. The summed E-state index contributed by atoms with van der Waals surface area (Å²) >= 11 is 1.65. The van der Waals surface area contributed by atoms with Crippen molar-refractivity contribution in [2.24, 2.45) is 34.5 Å². The van der Waals surface area contributed by atoms with E-state index in [0.29, 0.717) is 19.3 Å². The van der Waals surface area contributed by atoms with E-state index >= 15 is 0 Å². The van der Waals surface area contributed by atoms with E-state index in [1.165, 1.54) is 0 Å². The van der Waals surface area contributed by atoms with Gasteiger partial charge >= 0.3 is 0 Å². The Balaban J connectivity index is 1.77. The fourth-order valence-corrected chi connectivity index (χ4v) is 7.87. The number of aliphatic hydroxyl groups is 3. The van der Waals surface area contributed by atoms with Crippen molar-refractivity contribution < 1.29 is 24.9 Å². The fourth-order valence-electron chi connectivity index (χ4n) is 7.36. The first-order chi connectivity index (χ1) is 13.0. The van der Waals surface area contributed by atoms with Crippen molar-refractivity contribution in [3.8, 4) is 0 Å². The number of allylic oxidation sites excluding steroid dienone is 4. The summed E-state index contributed by atoms with van der Waals surface area (Å²) in [6, 6.07) is 0. The van der Waals surface area contributed by atoms with E-state index < -0.39 is 27.0 Å². The van der Waals surface area contributed by atoms with Crippen LogP contribution >= 0.6 is 22.6 Å². The molecule has 0 spiro atoms. The predicted octanol–water partition coefficient (Wildman–Crippen LogP) is 2.56. The van der Waals surface area contributed by atoms with Gasteiger partial charge in [-0.2, -0.15) is 0 Å². The molecule has 3 fully saturated rings. The van der Waals surface area contributed by atoms with Crippen molar-refractivity contribution >= 4 is 34.2 Å². The molecule has 0 aliphatic heterocycles. The molecule has 0 aromatic rings. The first-order valence-electron chi connectivity index (χ1n) is 10.2. The number of alkyl halides is 1. The number of hydrogen-bond donors (Lipinski definition) is 3. The molecule has 0 radical (unpaired) electrons. The highest BCUT2D eigenvalue weighted by atomic mass is 127. The van der Waals surface area contributed by atoms with Crippen LogP contribution in [0.2, 0.25) is 0 Å². The minimum absolute atomic E-state index is 0.00443. The van der Waals surface area contributed by atoms with Gasteiger partial charge in [0.05, 0.1) is 6.10 Å². The Kier molecular flexibility index (Phi) is 4.78. The van der Waals surface area contributed by atoms with Crippen LogP contribution in [0.15, 0.2) is 23.8 Å². The van der Waals surface area contributed by atoms with Gasteiger partial charge in [-0.15, -0.1) is 0 Å². The molecule has 0 saturated heterocycles. The van der Waals surface area contributed by atoms with Crippen LogP contribution in [-0.4, -0.2) is 42.7 Å². The van der Waals surface area contributed by atoms with Crippen LogP contribution in [0.1, 0.15) is 46.5 Å². The van der Waals surface area contributed by atoms with Crippen LogP contribution in [-0.2, 0) is 9.59 Å². The fraction of sp³-hybridized carbons (Fsp3) is 0.727. The number of carbonyl (C=O) groups is 2. The lowest BCUT2D eigenvalue weighted by molar-refractivity contribution is -0.180. The Morgan fingerprint density at radius 2 is 2.04 bits per heavy atom. The third-order valence-corrected chi connectivity index (χ3v) is 9.16.